The van der Waals surface area contributed by atoms with Gasteiger partial charge in [0.2, 0.25) is 10.0 Å². The van der Waals surface area contributed by atoms with Crippen LogP contribution in [0.3, 0.4) is 0 Å². The molecular formula is C12H19N5O2S. The normalized spacial score (nSPS) is 11.9. The van der Waals surface area contributed by atoms with Gasteiger partial charge in [-0.2, -0.15) is 0 Å². The van der Waals surface area contributed by atoms with Crippen LogP contribution >= 0.6 is 0 Å². The van der Waals surface area contributed by atoms with E-state index in [9.17, 15) is 8.42 Å². The molecule has 0 amide bonds. The maximum Gasteiger partial charge on any atom is 0.242 e. The second-order valence-electron chi connectivity index (χ2n) is 4.51. The number of rotatable bonds is 7. The summed E-state index contributed by atoms with van der Waals surface area (Å²) in [6.07, 6.45) is 6.73. The zero-order chi connectivity index (χ0) is 14.6. The standard InChI is InChI=1S/C12H19N5O2S/c1-13-8-11-7-12(9-16(11)2)20(18,19)15-4-6-17-5-3-14-10-17/h3,5,7,9-10,13,15H,4,6,8H2,1-2H3. The quantitative estimate of drug-likeness (QED) is 0.749. The molecule has 8 heteroatoms. The fraction of sp³-hybridized carbons (Fsp3) is 0.417. The fourth-order valence-corrected chi connectivity index (χ4v) is 3.01. The van der Waals surface area contributed by atoms with Gasteiger partial charge in [-0.15, -0.1) is 0 Å². The summed E-state index contributed by atoms with van der Waals surface area (Å²) in [5.74, 6) is 0. The van der Waals surface area contributed by atoms with E-state index < -0.39 is 10.0 Å². The minimum atomic E-state index is -3.47. The minimum Gasteiger partial charge on any atom is -0.352 e. The van der Waals surface area contributed by atoms with Crippen LogP contribution in [0.1, 0.15) is 5.69 Å². The van der Waals surface area contributed by atoms with E-state index in [-0.39, 0.29) is 4.90 Å². The third-order valence-electron chi connectivity index (χ3n) is 2.97. The number of hydrogen-bond acceptors (Lipinski definition) is 4. The highest BCUT2D eigenvalue weighted by atomic mass is 32.2. The van der Waals surface area contributed by atoms with Gasteiger partial charge in [0.05, 0.1) is 11.2 Å². The molecule has 2 aromatic rings. The predicted molar refractivity (Wildman–Crippen MR) is 75.6 cm³/mol. The van der Waals surface area contributed by atoms with Gasteiger partial charge in [0.1, 0.15) is 0 Å². The molecule has 0 bridgehead atoms. The maximum atomic E-state index is 12.2. The Morgan fingerprint density at radius 2 is 2.20 bits per heavy atom. The first-order valence-electron chi connectivity index (χ1n) is 6.28. The van der Waals surface area contributed by atoms with Crippen LogP contribution < -0.4 is 10.0 Å². The molecule has 2 aromatic heterocycles. The molecule has 0 aliphatic carbocycles. The molecule has 0 unspecified atom stereocenters. The number of hydrogen-bond donors (Lipinski definition) is 2. The Bertz CT molecular complexity index is 645. The largest absolute Gasteiger partial charge is 0.352 e. The molecule has 2 N–H and O–H groups in total. The van der Waals surface area contributed by atoms with Gasteiger partial charge in [-0.3, -0.25) is 0 Å². The van der Waals surface area contributed by atoms with E-state index in [2.05, 4.69) is 15.0 Å². The summed E-state index contributed by atoms with van der Waals surface area (Å²) >= 11 is 0. The Hall–Kier alpha value is -1.64. The van der Waals surface area contributed by atoms with Crippen LogP contribution in [0.5, 0.6) is 0 Å². The molecule has 2 rings (SSSR count). The zero-order valence-electron chi connectivity index (χ0n) is 11.6. The van der Waals surface area contributed by atoms with Gasteiger partial charge < -0.3 is 14.5 Å². The van der Waals surface area contributed by atoms with E-state index in [1.165, 1.54) is 0 Å². The van der Waals surface area contributed by atoms with Crippen molar-refractivity contribution in [2.75, 3.05) is 13.6 Å². The van der Waals surface area contributed by atoms with Crippen molar-refractivity contribution in [1.82, 2.24) is 24.2 Å². The zero-order valence-corrected chi connectivity index (χ0v) is 12.4. The van der Waals surface area contributed by atoms with Crippen molar-refractivity contribution in [1.29, 1.82) is 0 Å². The predicted octanol–water partition coefficient (Wildman–Crippen LogP) is -0.0805. The van der Waals surface area contributed by atoms with Crippen LogP contribution in [0.2, 0.25) is 0 Å². The van der Waals surface area contributed by atoms with Crippen LogP contribution in [0.15, 0.2) is 35.9 Å². The smallest absolute Gasteiger partial charge is 0.242 e. The molecule has 0 aliphatic rings. The number of nitrogens with one attached hydrogen (secondary N) is 2. The van der Waals surface area contributed by atoms with Crippen molar-refractivity contribution in [2.45, 2.75) is 18.0 Å². The average Bonchev–Trinajstić information content (AvgIpc) is 3.01. The Kier molecular flexibility index (Phi) is 4.58. The molecule has 0 spiro atoms. The molecular weight excluding hydrogens is 278 g/mol. The summed E-state index contributed by atoms with van der Waals surface area (Å²) in [5.41, 5.74) is 0.919. The summed E-state index contributed by atoms with van der Waals surface area (Å²) < 4.78 is 30.5. The highest BCUT2D eigenvalue weighted by Gasteiger charge is 2.16. The Labute approximate surface area is 118 Å². The Morgan fingerprint density at radius 3 is 2.85 bits per heavy atom. The summed E-state index contributed by atoms with van der Waals surface area (Å²) in [4.78, 5) is 4.19. The number of aromatic nitrogens is 3. The third kappa shape index (κ3) is 3.47. The van der Waals surface area contributed by atoms with Crippen molar-refractivity contribution >= 4 is 10.0 Å². The van der Waals surface area contributed by atoms with Crippen molar-refractivity contribution in [3.8, 4) is 0 Å². The lowest BCUT2D eigenvalue weighted by atomic mass is 10.4. The fourth-order valence-electron chi connectivity index (χ4n) is 1.89. The SMILES string of the molecule is CNCc1cc(S(=O)(=O)NCCn2ccnc2)cn1C. The summed E-state index contributed by atoms with van der Waals surface area (Å²) in [6.45, 7) is 1.51. The first-order chi connectivity index (χ1) is 9.53. The molecule has 0 radical (unpaired) electrons. The number of sulfonamides is 1. The second kappa shape index (κ2) is 6.21. The van der Waals surface area contributed by atoms with Gasteiger partial charge in [0.15, 0.2) is 0 Å². The molecule has 0 atom stereocenters. The van der Waals surface area contributed by atoms with E-state index in [1.54, 1.807) is 35.6 Å². The van der Waals surface area contributed by atoms with Gasteiger partial charge in [-0.25, -0.2) is 18.1 Å². The van der Waals surface area contributed by atoms with Gasteiger partial charge >= 0.3 is 0 Å². The van der Waals surface area contributed by atoms with Crippen molar-refractivity contribution in [3.05, 3.63) is 36.7 Å². The van der Waals surface area contributed by atoms with Crippen LogP contribution in [0.25, 0.3) is 0 Å². The Balaban J connectivity index is 2.00. The van der Waals surface area contributed by atoms with Crippen LogP contribution in [0.4, 0.5) is 0 Å². The summed E-state index contributed by atoms with van der Waals surface area (Å²) in [7, 11) is 0.189. The molecule has 2 heterocycles. The van der Waals surface area contributed by atoms with E-state index >= 15 is 0 Å². The van der Waals surface area contributed by atoms with Crippen molar-refractivity contribution < 1.29 is 8.42 Å². The molecule has 0 saturated carbocycles. The molecule has 110 valence electrons. The van der Waals surface area contributed by atoms with Crippen LogP contribution in [-0.2, 0) is 30.2 Å². The average molecular weight is 297 g/mol. The Morgan fingerprint density at radius 1 is 1.40 bits per heavy atom. The van der Waals surface area contributed by atoms with E-state index in [4.69, 9.17) is 0 Å². The summed E-state index contributed by atoms with van der Waals surface area (Å²) in [6, 6.07) is 1.68. The molecule has 7 nitrogen and oxygen atoms in total. The summed E-state index contributed by atoms with van der Waals surface area (Å²) in [5, 5.41) is 3.00. The van der Waals surface area contributed by atoms with Gasteiger partial charge in [0.25, 0.3) is 0 Å². The van der Waals surface area contributed by atoms with Crippen LogP contribution in [-0.4, -0.2) is 36.1 Å². The highest BCUT2D eigenvalue weighted by Crippen LogP contribution is 2.13. The van der Waals surface area contributed by atoms with Gasteiger partial charge in [-0.1, -0.05) is 0 Å². The van der Waals surface area contributed by atoms with Crippen molar-refractivity contribution in [2.24, 2.45) is 7.05 Å². The molecule has 0 aliphatic heterocycles. The molecule has 0 fully saturated rings. The molecule has 20 heavy (non-hydrogen) atoms. The maximum absolute atomic E-state index is 12.2. The second-order valence-corrected chi connectivity index (χ2v) is 6.27. The van der Waals surface area contributed by atoms with Gasteiger partial charge in [0, 0.05) is 51.0 Å². The monoisotopic (exact) mass is 297 g/mol. The van der Waals surface area contributed by atoms with E-state index in [1.807, 2.05) is 18.7 Å². The first kappa shape index (κ1) is 14.8. The number of nitrogens with zero attached hydrogens (tertiary/aromatic N) is 3. The van der Waals surface area contributed by atoms with E-state index in [0.29, 0.717) is 19.6 Å². The third-order valence-corrected chi connectivity index (χ3v) is 4.40. The number of aryl methyl sites for hydroxylation is 1. The topological polar surface area (TPSA) is 81.0 Å². The molecule has 0 saturated heterocycles. The van der Waals surface area contributed by atoms with Crippen molar-refractivity contribution in [3.63, 3.8) is 0 Å². The lowest BCUT2D eigenvalue weighted by molar-refractivity contribution is 0.572. The van der Waals surface area contributed by atoms with Crippen LogP contribution in [0, 0.1) is 0 Å². The highest BCUT2D eigenvalue weighted by molar-refractivity contribution is 7.89. The lowest BCUT2D eigenvalue weighted by Crippen LogP contribution is -2.27. The molecule has 0 aromatic carbocycles. The lowest BCUT2D eigenvalue weighted by Gasteiger charge is -2.05. The van der Waals surface area contributed by atoms with E-state index in [0.717, 1.165) is 5.69 Å². The van der Waals surface area contributed by atoms with Gasteiger partial charge in [-0.05, 0) is 13.1 Å². The first-order valence-corrected chi connectivity index (χ1v) is 7.76. The number of imidazole rings is 1. The minimum absolute atomic E-state index is 0.288.